The van der Waals surface area contributed by atoms with Crippen molar-refractivity contribution < 1.29 is 9.84 Å². The lowest BCUT2D eigenvalue weighted by Crippen LogP contribution is -1.96. The fraction of sp³-hybridized carbons (Fsp3) is 0.200. The molecule has 2 nitrogen and oxygen atoms in total. The van der Waals surface area contributed by atoms with Crippen LogP contribution in [0.5, 0.6) is 5.75 Å². The van der Waals surface area contributed by atoms with Crippen LogP contribution in [0, 0.1) is 0 Å². The Bertz CT molecular complexity index is 446. The second-order valence-electron chi connectivity index (χ2n) is 4.02. The Hall–Kier alpha value is -1.80. The van der Waals surface area contributed by atoms with Gasteiger partial charge in [0.05, 0.1) is 6.10 Å². The fourth-order valence-corrected chi connectivity index (χ4v) is 1.58. The third-order valence-electron chi connectivity index (χ3n) is 2.61. The molecule has 1 N–H and O–H groups in total. The molecule has 0 aliphatic carbocycles. The topological polar surface area (TPSA) is 29.5 Å². The number of hydrogen-bond acceptors (Lipinski definition) is 2. The summed E-state index contributed by atoms with van der Waals surface area (Å²) in [6.45, 7) is 2.31. The summed E-state index contributed by atoms with van der Waals surface area (Å²) in [5.74, 6) is 0.818. The molecule has 0 bridgehead atoms. The number of hydrogen-bond donors (Lipinski definition) is 1. The minimum Gasteiger partial charge on any atom is -0.489 e. The van der Waals surface area contributed by atoms with Crippen molar-refractivity contribution in [1.82, 2.24) is 0 Å². The Morgan fingerprint density at radius 2 is 1.65 bits per heavy atom. The second kappa shape index (κ2) is 5.51. The van der Waals surface area contributed by atoms with Gasteiger partial charge in [-0.2, -0.15) is 0 Å². The molecule has 17 heavy (non-hydrogen) atoms. The number of aliphatic hydroxyl groups is 1. The van der Waals surface area contributed by atoms with Crippen molar-refractivity contribution in [2.45, 2.75) is 19.6 Å². The lowest BCUT2D eigenvalue weighted by Gasteiger charge is -2.08. The molecular weight excluding hydrogens is 212 g/mol. The molecule has 2 rings (SSSR count). The summed E-state index contributed by atoms with van der Waals surface area (Å²) in [5, 5.41) is 9.38. The van der Waals surface area contributed by atoms with Crippen LogP contribution in [0.25, 0.3) is 0 Å². The van der Waals surface area contributed by atoms with Crippen LogP contribution in [0.15, 0.2) is 54.6 Å². The molecule has 88 valence electrons. The molecule has 0 aliphatic rings. The van der Waals surface area contributed by atoms with Gasteiger partial charge in [-0.3, -0.25) is 0 Å². The van der Waals surface area contributed by atoms with Gasteiger partial charge in [-0.1, -0.05) is 42.5 Å². The maximum atomic E-state index is 9.38. The Morgan fingerprint density at radius 3 is 2.24 bits per heavy atom. The Morgan fingerprint density at radius 1 is 1.00 bits per heavy atom. The van der Waals surface area contributed by atoms with Crippen molar-refractivity contribution in [2.24, 2.45) is 0 Å². The van der Waals surface area contributed by atoms with Gasteiger partial charge in [0, 0.05) is 0 Å². The maximum absolute atomic E-state index is 9.38. The summed E-state index contributed by atoms with van der Waals surface area (Å²) in [7, 11) is 0. The molecule has 0 saturated carbocycles. The van der Waals surface area contributed by atoms with Gasteiger partial charge in [0.25, 0.3) is 0 Å². The lowest BCUT2D eigenvalue weighted by molar-refractivity contribution is 0.199. The Kier molecular flexibility index (Phi) is 3.78. The van der Waals surface area contributed by atoms with Crippen LogP contribution in [-0.2, 0) is 6.61 Å². The minimum atomic E-state index is -0.432. The summed E-state index contributed by atoms with van der Waals surface area (Å²) >= 11 is 0. The predicted octanol–water partition coefficient (Wildman–Crippen LogP) is 3.32. The first-order valence-electron chi connectivity index (χ1n) is 5.70. The van der Waals surface area contributed by atoms with Crippen LogP contribution in [-0.4, -0.2) is 5.11 Å². The summed E-state index contributed by atoms with van der Waals surface area (Å²) in [6, 6.07) is 17.6. The summed E-state index contributed by atoms with van der Waals surface area (Å²) in [4.78, 5) is 0. The molecule has 0 amide bonds. The van der Waals surface area contributed by atoms with E-state index in [2.05, 4.69) is 0 Å². The standard InChI is InChI=1S/C15H16O2/c1-12(16)14-7-9-15(10-8-14)17-11-13-5-3-2-4-6-13/h2-10,12,16H,11H2,1H3. The fourth-order valence-electron chi connectivity index (χ4n) is 1.58. The van der Waals surface area contributed by atoms with Gasteiger partial charge >= 0.3 is 0 Å². The first kappa shape index (κ1) is 11.7. The van der Waals surface area contributed by atoms with Crippen LogP contribution in [0.4, 0.5) is 0 Å². The van der Waals surface area contributed by atoms with E-state index in [0.29, 0.717) is 6.61 Å². The van der Waals surface area contributed by atoms with Gasteiger partial charge in [-0.05, 0) is 30.2 Å². The van der Waals surface area contributed by atoms with Gasteiger partial charge in [0.15, 0.2) is 0 Å². The predicted molar refractivity (Wildman–Crippen MR) is 67.8 cm³/mol. The van der Waals surface area contributed by atoms with Crippen molar-refractivity contribution in [2.75, 3.05) is 0 Å². The van der Waals surface area contributed by atoms with Crippen LogP contribution < -0.4 is 4.74 Å². The van der Waals surface area contributed by atoms with Crippen molar-refractivity contribution >= 4 is 0 Å². The smallest absolute Gasteiger partial charge is 0.119 e. The first-order chi connectivity index (χ1) is 8.25. The van der Waals surface area contributed by atoms with Gasteiger partial charge in [-0.15, -0.1) is 0 Å². The highest BCUT2D eigenvalue weighted by atomic mass is 16.5. The molecule has 0 heterocycles. The molecule has 0 radical (unpaired) electrons. The van der Waals surface area contributed by atoms with E-state index in [1.807, 2.05) is 54.6 Å². The van der Waals surface area contributed by atoms with Crippen LogP contribution >= 0.6 is 0 Å². The molecule has 1 atom stereocenters. The third-order valence-corrected chi connectivity index (χ3v) is 2.61. The van der Waals surface area contributed by atoms with E-state index in [-0.39, 0.29) is 0 Å². The molecule has 0 spiro atoms. The van der Waals surface area contributed by atoms with Crippen LogP contribution in [0.3, 0.4) is 0 Å². The van der Waals surface area contributed by atoms with E-state index in [9.17, 15) is 5.11 Å². The largest absolute Gasteiger partial charge is 0.489 e. The highest BCUT2D eigenvalue weighted by molar-refractivity contribution is 5.28. The molecule has 0 aliphatic heterocycles. The zero-order chi connectivity index (χ0) is 12.1. The zero-order valence-electron chi connectivity index (χ0n) is 9.84. The molecule has 2 aromatic carbocycles. The zero-order valence-corrected chi connectivity index (χ0v) is 9.84. The number of rotatable bonds is 4. The van der Waals surface area contributed by atoms with E-state index in [1.54, 1.807) is 6.92 Å². The Balaban J connectivity index is 1.96. The average Bonchev–Trinajstić information content (AvgIpc) is 2.38. The van der Waals surface area contributed by atoms with E-state index in [4.69, 9.17) is 4.74 Å². The Labute approximate surface area is 101 Å². The highest BCUT2D eigenvalue weighted by Gasteiger charge is 2.00. The van der Waals surface area contributed by atoms with E-state index >= 15 is 0 Å². The molecular formula is C15H16O2. The molecule has 0 saturated heterocycles. The number of aliphatic hydroxyl groups excluding tert-OH is 1. The average molecular weight is 228 g/mol. The quantitative estimate of drug-likeness (QED) is 0.869. The van der Waals surface area contributed by atoms with Crippen LogP contribution in [0.2, 0.25) is 0 Å². The van der Waals surface area contributed by atoms with E-state index in [1.165, 1.54) is 0 Å². The van der Waals surface area contributed by atoms with Gasteiger partial charge < -0.3 is 9.84 Å². The van der Waals surface area contributed by atoms with E-state index < -0.39 is 6.10 Å². The highest BCUT2D eigenvalue weighted by Crippen LogP contribution is 2.18. The van der Waals surface area contributed by atoms with Crippen molar-refractivity contribution in [3.63, 3.8) is 0 Å². The van der Waals surface area contributed by atoms with Crippen molar-refractivity contribution in [3.8, 4) is 5.75 Å². The van der Waals surface area contributed by atoms with Crippen molar-refractivity contribution in [1.29, 1.82) is 0 Å². The molecule has 2 heteroatoms. The van der Waals surface area contributed by atoms with E-state index in [0.717, 1.165) is 16.9 Å². The molecule has 1 unspecified atom stereocenters. The van der Waals surface area contributed by atoms with Gasteiger partial charge in [0.2, 0.25) is 0 Å². The molecule has 2 aromatic rings. The number of ether oxygens (including phenoxy) is 1. The number of benzene rings is 2. The molecule has 0 fully saturated rings. The first-order valence-corrected chi connectivity index (χ1v) is 5.70. The summed E-state index contributed by atoms with van der Waals surface area (Å²) in [5.41, 5.74) is 2.05. The normalized spacial score (nSPS) is 12.1. The SMILES string of the molecule is CC(O)c1ccc(OCc2ccccc2)cc1. The lowest BCUT2D eigenvalue weighted by atomic mass is 10.1. The third kappa shape index (κ3) is 3.33. The minimum absolute atomic E-state index is 0.432. The van der Waals surface area contributed by atoms with Gasteiger partial charge in [-0.25, -0.2) is 0 Å². The maximum Gasteiger partial charge on any atom is 0.119 e. The van der Waals surface area contributed by atoms with Crippen molar-refractivity contribution in [3.05, 3.63) is 65.7 Å². The molecule has 0 aromatic heterocycles. The monoisotopic (exact) mass is 228 g/mol. The summed E-state index contributed by atoms with van der Waals surface area (Å²) < 4.78 is 5.65. The van der Waals surface area contributed by atoms with Gasteiger partial charge in [0.1, 0.15) is 12.4 Å². The second-order valence-corrected chi connectivity index (χ2v) is 4.02. The summed E-state index contributed by atoms with van der Waals surface area (Å²) in [6.07, 6.45) is -0.432. The van der Waals surface area contributed by atoms with Crippen LogP contribution in [0.1, 0.15) is 24.2 Å².